The molecule has 1 nitrogen and oxygen atoms in total. The van der Waals surface area contributed by atoms with E-state index in [-0.39, 0.29) is 0 Å². The van der Waals surface area contributed by atoms with E-state index in [1.807, 2.05) is 0 Å². The average molecular weight is 112 g/mol. The molecule has 0 atom stereocenters. The fourth-order valence-electron chi connectivity index (χ4n) is 0.0423. The maximum Gasteiger partial charge on any atom is 0.0357 e. The van der Waals surface area contributed by atoms with Crippen LogP contribution in [0, 0.1) is 0 Å². The van der Waals surface area contributed by atoms with Crippen LogP contribution in [0.15, 0.2) is 0 Å². The van der Waals surface area contributed by atoms with Crippen LogP contribution in [0.25, 0.3) is 0 Å². The van der Waals surface area contributed by atoms with Crippen molar-refractivity contribution in [1.82, 2.24) is 4.72 Å². The van der Waals surface area contributed by atoms with Gasteiger partial charge in [-0.05, 0) is 0 Å². The maximum absolute atomic E-state index is 5.19. The number of nitrogens with one attached hydrogen (secondary N) is 1. The lowest BCUT2D eigenvalue weighted by Crippen LogP contribution is -2.00. The Morgan fingerprint density at radius 2 is 2.40 bits per heavy atom. The fourth-order valence-corrected chi connectivity index (χ4v) is 0.380. The molecule has 0 rings (SSSR count). The summed E-state index contributed by atoms with van der Waals surface area (Å²) in [5, 5.41) is 0. The van der Waals surface area contributed by atoms with Gasteiger partial charge in [0.1, 0.15) is 0 Å². The normalized spacial score (nSPS) is 8.40. The van der Waals surface area contributed by atoms with E-state index >= 15 is 0 Å². The first-order valence-electron chi connectivity index (χ1n) is 1.34. The first kappa shape index (κ1) is 5.60. The Labute approximate surface area is 42.2 Å². The Morgan fingerprint density at radius 1 is 1.80 bits per heavy atom. The van der Waals surface area contributed by atoms with Crippen LogP contribution in [0.4, 0.5) is 0 Å². The lowest BCUT2D eigenvalue weighted by Gasteiger charge is -1.81. The van der Waals surface area contributed by atoms with Crippen molar-refractivity contribution in [2.24, 2.45) is 0 Å². The summed E-state index contributed by atoms with van der Waals surface area (Å²) in [6, 6.07) is 0. The van der Waals surface area contributed by atoms with Crippen LogP contribution in [-0.2, 0) is 0 Å². The lowest BCUT2D eigenvalue weighted by atomic mass is 10.8. The predicted molar refractivity (Wildman–Crippen MR) is 27.7 cm³/mol. The summed E-state index contributed by atoms with van der Waals surface area (Å²) in [7, 11) is 0. The minimum Gasteiger partial charge on any atom is -0.266 e. The molecule has 0 amide bonds. The van der Waals surface area contributed by atoms with E-state index in [9.17, 15) is 0 Å². The molecule has 0 saturated heterocycles. The standard InChI is InChI=1S/C2H6ClNS/c3-1-2-4-5/h4-5H,1-2H2. The molecule has 0 aromatic heterocycles. The van der Waals surface area contributed by atoms with Crippen molar-refractivity contribution in [3.05, 3.63) is 0 Å². The number of thiol groups is 1. The van der Waals surface area contributed by atoms with Gasteiger partial charge in [-0.25, -0.2) is 0 Å². The summed E-state index contributed by atoms with van der Waals surface area (Å²) in [6.45, 7) is 0.769. The second-order valence-electron chi connectivity index (χ2n) is 0.597. The van der Waals surface area contributed by atoms with Crippen LogP contribution in [0.2, 0.25) is 0 Å². The third-order valence-corrected chi connectivity index (χ3v) is 0.619. The molecule has 0 aliphatic rings. The van der Waals surface area contributed by atoms with Gasteiger partial charge in [0.25, 0.3) is 0 Å². The van der Waals surface area contributed by atoms with Crippen LogP contribution in [0.1, 0.15) is 0 Å². The van der Waals surface area contributed by atoms with E-state index < -0.39 is 0 Å². The molecule has 0 bridgehead atoms. The number of hydrogen-bond acceptors (Lipinski definition) is 2. The highest BCUT2D eigenvalue weighted by Crippen LogP contribution is 1.67. The summed E-state index contributed by atoms with van der Waals surface area (Å²) in [5.41, 5.74) is 0. The van der Waals surface area contributed by atoms with Gasteiger partial charge in [-0.2, -0.15) is 0 Å². The van der Waals surface area contributed by atoms with Crippen LogP contribution < -0.4 is 4.72 Å². The van der Waals surface area contributed by atoms with Gasteiger partial charge < -0.3 is 0 Å². The van der Waals surface area contributed by atoms with Crippen LogP contribution in [0.5, 0.6) is 0 Å². The molecule has 0 aliphatic heterocycles. The Balaban J connectivity index is 2.19. The quantitative estimate of drug-likeness (QED) is 0.394. The Kier molecular flexibility index (Phi) is 5.15. The molecule has 0 aromatic carbocycles. The minimum atomic E-state index is 0.628. The molecule has 0 saturated carbocycles. The van der Waals surface area contributed by atoms with Gasteiger partial charge in [-0.15, -0.1) is 11.6 Å². The molecule has 0 aliphatic carbocycles. The molecule has 0 spiro atoms. The van der Waals surface area contributed by atoms with E-state index in [1.54, 1.807) is 0 Å². The zero-order chi connectivity index (χ0) is 4.12. The zero-order valence-corrected chi connectivity index (χ0v) is 4.39. The van der Waals surface area contributed by atoms with Gasteiger partial charge in [0, 0.05) is 12.4 Å². The molecule has 3 heteroatoms. The van der Waals surface area contributed by atoms with Crippen molar-refractivity contribution in [3.8, 4) is 0 Å². The number of halogens is 1. The molecule has 0 aromatic rings. The van der Waals surface area contributed by atoms with Gasteiger partial charge in [0.05, 0.1) is 0 Å². The van der Waals surface area contributed by atoms with Crippen molar-refractivity contribution in [3.63, 3.8) is 0 Å². The number of alkyl halides is 1. The van der Waals surface area contributed by atoms with Gasteiger partial charge >= 0.3 is 0 Å². The molecular formula is C2H6ClNS. The molecule has 1 N–H and O–H groups in total. The van der Waals surface area contributed by atoms with E-state index in [0.29, 0.717) is 5.88 Å². The molecule has 0 heterocycles. The Bertz CT molecular complexity index is 17.1. The van der Waals surface area contributed by atoms with E-state index in [1.165, 1.54) is 0 Å². The number of hydrogen-bond donors (Lipinski definition) is 2. The molecule has 0 radical (unpaired) electrons. The highest BCUT2D eigenvalue weighted by Gasteiger charge is 1.67. The van der Waals surface area contributed by atoms with E-state index in [0.717, 1.165) is 6.54 Å². The molecule has 5 heavy (non-hydrogen) atoms. The summed E-state index contributed by atoms with van der Waals surface area (Å²) in [6.07, 6.45) is 0. The second-order valence-corrected chi connectivity index (χ2v) is 1.29. The van der Waals surface area contributed by atoms with Crippen molar-refractivity contribution in [2.45, 2.75) is 0 Å². The zero-order valence-electron chi connectivity index (χ0n) is 2.74. The first-order chi connectivity index (χ1) is 2.41. The van der Waals surface area contributed by atoms with E-state index in [2.05, 4.69) is 17.5 Å². The average Bonchev–Trinajstić information content (AvgIpc) is 1.41. The number of rotatable bonds is 2. The topological polar surface area (TPSA) is 12.0 Å². The third-order valence-electron chi connectivity index (χ3n) is 0.206. The highest BCUT2D eigenvalue weighted by molar-refractivity contribution is 7.78. The van der Waals surface area contributed by atoms with Gasteiger partial charge in [0.15, 0.2) is 0 Å². The minimum absolute atomic E-state index is 0.628. The molecule has 32 valence electrons. The van der Waals surface area contributed by atoms with Crippen LogP contribution >= 0.6 is 24.4 Å². The van der Waals surface area contributed by atoms with Crippen molar-refractivity contribution in [2.75, 3.05) is 12.4 Å². The highest BCUT2D eigenvalue weighted by atomic mass is 35.5. The van der Waals surface area contributed by atoms with Crippen molar-refractivity contribution >= 4 is 24.4 Å². The fraction of sp³-hybridized carbons (Fsp3) is 1.00. The Hall–Kier alpha value is 0.600. The van der Waals surface area contributed by atoms with Crippen molar-refractivity contribution in [1.29, 1.82) is 0 Å². The van der Waals surface area contributed by atoms with Gasteiger partial charge in [-0.3, -0.25) is 4.72 Å². The Morgan fingerprint density at radius 3 is 2.40 bits per heavy atom. The SMILES string of the molecule is SNCCCl. The van der Waals surface area contributed by atoms with Crippen LogP contribution in [-0.4, -0.2) is 12.4 Å². The summed E-state index contributed by atoms with van der Waals surface area (Å²) in [4.78, 5) is 0. The third kappa shape index (κ3) is 4.60. The second kappa shape index (κ2) is 4.60. The maximum atomic E-state index is 5.19. The molecule has 0 fully saturated rings. The predicted octanol–water partition coefficient (Wildman–Crippen LogP) is 0.660. The lowest BCUT2D eigenvalue weighted by molar-refractivity contribution is 1.05. The van der Waals surface area contributed by atoms with Gasteiger partial charge in [-0.1, -0.05) is 12.8 Å². The summed E-state index contributed by atoms with van der Waals surface area (Å²) >= 11 is 8.86. The largest absolute Gasteiger partial charge is 0.266 e. The first-order valence-corrected chi connectivity index (χ1v) is 2.33. The monoisotopic (exact) mass is 111 g/mol. The molecule has 0 unspecified atom stereocenters. The van der Waals surface area contributed by atoms with Crippen LogP contribution in [0.3, 0.4) is 0 Å². The smallest absolute Gasteiger partial charge is 0.0357 e. The molecular weight excluding hydrogens is 106 g/mol. The van der Waals surface area contributed by atoms with Crippen molar-refractivity contribution < 1.29 is 0 Å². The summed E-state index contributed by atoms with van der Waals surface area (Å²) < 4.78 is 2.58. The summed E-state index contributed by atoms with van der Waals surface area (Å²) in [5.74, 6) is 0.628. The van der Waals surface area contributed by atoms with E-state index in [4.69, 9.17) is 11.6 Å². The van der Waals surface area contributed by atoms with Gasteiger partial charge in [0.2, 0.25) is 0 Å².